The SMILES string of the molecule is CCCCCCCCCC(=O)OC(C)(CC)CC. The Hall–Kier alpha value is -0.530. The standard InChI is InChI=1S/C16H32O2/c1-5-8-9-10-11-12-13-14-15(17)18-16(4,6-2)7-3/h5-14H2,1-4H3. The van der Waals surface area contributed by atoms with Crippen LogP contribution >= 0.6 is 0 Å². The van der Waals surface area contributed by atoms with Crippen LogP contribution in [0.4, 0.5) is 0 Å². The lowest BCUT2D eigenvalue weighted by molar-refractivity contribution is -0.158. The van der Waals surface area contributed by atoms with Gasteiger partial charge in [-0.1, -0.05) is 59.3 Å². The van der Waals surface area contributed by atoms with Gasteiger partial charge in [0.2, 0.25) is 0 Å². The lowest BCUT2D eigenvalue weighted by atomic mass is 10.00. The smallest absolute Gasteiger partial charge is 0.306 e. The Morgan fingerprint density at radius 3 is 1.89 bits per heavy atom. The fraction of sp³-hybridized carbons (Fsp3) is 0.938. The molecular weight excluding hydrogens is 224 g/mol. The van der Waals surface area contributed by atoms with E-state index in [-0.39, 0.29) is 11.6 Å². The van der Waals surface area contributed by atoms with Gasteiger partial charge in [-0.15, -0.1) is 0 Å². The van der Waals surface area contributed by atoms with Crippen LogP contribution < -0.4 is 0 Å². The molecule has 0 unspecified atom stereocenters. The highest BCUT2D eigenvalue weighted by Gasteiger charge is 2.23. The van der Waals surface area contributed by atoms with Crippen LogP contribution in [0.3, 0.4) is 0 Å². The highest BCUT2D eigenvalue weighted by molar-refractivity contribution is 5.69. The maximum Gasteiger partial charge on any atom is 0.306 e. The number of hydrogen-bond donors (Lipinski definition) is 0. The molecule has 0 rings (SSSR count). The Morgan fingerprint density at radius 2 is 1.39 bits per heavy atom. The minimum absolute atomic E-state index is 0.0187. The Kier molecular flexibility index (Phi) is 10.1. The van der Waals surface area contributed by atoms with Crippen LogP contribution in [0, 0.1) is 0 Å². The third kappa shape index (κ3) is 8.54. The fourth-order valence-electron chi connectivity index (χ4n) is 1.95. The summed E-state index contributed by atoms with van der Waals surface area (Å²) in [6, 6.07) is 0. The zero-order chi connectivity index (χ0) is 13.9. The van der Waals surface area contributed by atoms with Crippen LogP contribution in [0.1, 0.15) is 91.9 Å². The summed E-state index contributed by atoms with van der Waals surface area (Å²) >= 11 is 0. The van der Waals surface area contributed by atoms with E-state index in [2.05, 4.69) is 20.8 Å². The second-order valence-electron chi connectivity index (χ2n) is 5.50. The van der Waals surface area contributed by atoms with Gasteiger partial charge in [0.25, 0.3) is 0 Å². The van der Waals surface area contributed by atoms with Crippen molar-refractivity contribution in [3.63, 3.8) is 0 Å². The van der Waals surface area contributed by atoms with Crippen molar-refractivity contribution in [3.05, 3.63) is 0 Å². The molecule has 0 fully saturated rings. The molecule has 0 aliphatic carbocycles. The highest BCUT2D eigenvalue weighted by Crippen LogP contribution is 2.20. The lowest BCUT2D eigenvalue weighted by Gasteiger charge is -2.26. The van der Waals surface area contributed by atoms with Crippen LogP contribution in [0.15, 0.2) is 0 Å². The largest absolute Gasteiger partial charge is 0.459 e. The second-order valence-corrected chi connectivity index (χ2v) is 5.50. The molecule has 0 N–H and O–H groups in total. The molecule has 0 aliphatic heterocycles. The van der Waals surface area contributed by atoms with E-state index in [1.165, 1.54) is 32.1 Å². The summed E-state index contributed by atoms with van der Waals surface area (Å²) < 4.78 is 5.54. The first-order valence-corrected chi connectivity index (χ1v) is 7.79. The normalized spacial score (nSPS) is 11.6. The summed E-state index contributed by atoms with van der Waals surface area (Å²) in [5, 5.41) is 0. The lowest BCUT2D eigenvalue weighted by Crippen LogP contribution is -2.29. The van der Waals surface area contributed by atoms with Crippen LogP contribution in [0.5, 0.6) is 0 Å². The van der Waals surface area contributed by atoms with Gasteiger partial charge in [-0.2, -0.15) is 0 Å². The molecule has 2 nitrogen and oxygen atoms in total. The number of ether oxygens (including phenoxy) is 1. The molecule has 108 valence electrons. The minimum Gasteiger partial charge on any atom is -0.459 e. The molecule has 0 heterocycles. The molecular formula is C16H32O2. The molecule has 0 radical (unpaired) electrons. The van der Waals surface area contributed by atoms with Gasteiger partial charge in [-0.05, 0) is 26.2 Å². The summed E-state index contributed by atoms with van der Waals surface area (Å²) in [6.45, 7) is 8.40. The Morgan fingerprint density at radius 1 is 0.889 bits per heavy atom. The summed E-state index contributed by atoms with van der Waals surface area (Å²) in [6.07, 6.45) is 11.1. The predicted octanol–water partition coefficient (Wildman–Crippen LogP) is 5.25. The number of hydrogen-bond acceptors (Lipinski definition) is 2. The third-order valence-electron chi connectivity index (χ3n) is 3.84. The van der Waals surface area contributed by atoms with Gasteiger partial charge in [0, 0.05) is 6.42 Å². The van der Waals surface area contributed by atoms with E-state index >= 15 is 0 Å². The van der Waals surface area contributed by atoms with Gasteiger partial charge in [0.05, 0.1) is 0 Å². The van der Waals surface area contributed by atoms with Gasteiger partial charge >= 0.3 is 5.97 Å². The van der Waals surface area contributed by atoms with Crippen molar-refractivity contribution < 1.29 is 9.53 Å². The highest BCUT2D eigenvalue weighted by atomic mass is 16.6. The molecule has 0 aliphatic rings. The summed E-state index contributed by atoms with van der Waals surface area (Å²) in [5.74, 6) is -0.0187. The van der Waals surface area contributed by atoms with Crippen LogP contribution in [0.2, 0.25) is 0 Å². The van der Waals surface area contributed by atoms with E-state index in [1.807, 2.05) is 6.92 Å². The first-order valence-electron chi connectivity index (χ1n) is 7.79. The second kappa shape index (κ2) is 10.4. The first kappa shape index (κ1) is 17.5. The molecule has 0 saturated heterocycles. The Bertz CT molecular complexity index is 207. The number of carbonyl (C=O) groups excluding carboxylic acids is 1. The topological polar surface area (TPSA) is 26.3 Å². The Labute approximate surface area is 113 Å². The summed E-state index contributed by atoms with van der Waals surface area (Å²) in [7, 11) is 0. The molecule has 0 atom stereocenters. The van der Waals surface area contributed by atoms with Crippen molar-refractivity contribution in [1.29, 1.82) is 0 Å². The maximum absolute atomic E-state index is 11.7. The van der Waals surface area contributed by atoms with E-state index < -0.39 is 0 Å². The third-order valence-corrected chi connectivity index (χ3v) is 3.84. The minimum atomic E-state index is -0.252. The van der Waals surface area contributed by atoms with Crippen LogP contribution in [-0.4, -0.2) is 11.6 Å². The fourth-order valence-corrected chi connectivity index (χ4v) is 1.95. The molecule has 0 spiro atoms. The molecule has 0 aromatic heterocycles. The monoisotopic (exact) mass is 256 g/mol. The van der Waals surface area contributed by atoms with Crippen molar-refractivity contribution in [3.8, 4) is 0 Å². The zero-order valence-electron chi connectivity index (χ0n) is 12.9. The molecule has 0 aromatic carbocycles. The molecule has 18 heavy (non-hydrogen) atoms. The first-order chi connectivity index (χ1) is 8.58. The molecule has 0 amide bonds. The van der Waals surface area contributed by atoms with E-state index in [4.69, 9.17) is 4.74 Å². The van der Waals surface area contributed by atoms with Gasteiger partial charge in [-0.3, -0.25) is 4.79 Å². The van der Waals surface area contributed by atoms with Crippen molar-refractivity contribution in [2.45, 2.75) is 97.5 Å². The average Bonchev–Trinajstić information content (AvgIpc) is 2.37. The van der Waals surface area contributed by atoms with Gasteiger partial charge < -0.3 is 4.74 Å². The Balaban J connectivity index is 3.53. The molecule has 2 heteroatoms. The molecule has 0 bridgehead atoms. The van der Waals surface area contributed by atoms with Crippen molar-refractivity contribution in [2.24, 2.45) is 0 Å². The van der Waals surface area contributed by atoms with Crippen molar-refractivity contribution in [2.75, 3.05) is 0 Å². The number of rotatable bonds is 11. The average molecular weight is 256 g/mol. The van der Waals surface area contributed by atoms with E-state index in [1.54, 1.807) is 0 Å². The maximum atomic E-state index is 11.7. The summed E-state index contributed by atoms with van der Waals surface area (Å²) in [5.41, 5.74) is -0.252. The molecule has 0 aromatic rings. The zero-order valence-corrected chi connectivity index (χ0v) is 12.9. The van der Waals surface area contributed by atoms with Gasteiger partial charge in [0.1, 0.15) is 5.60 Å². The molecule has 0 saturated carbocycles. The number of carbonyl (C=O) groups is 1. The van der Waals surface area contributed by atoms with Crippen molar-refractivity contribution in [1.82, 2.24) is 0 Å². The van der Waals surface area contributed by atoms with Gasteiger partial charge in [0.15, 0.2) is 0 Å². The van der Waals surface area contributed by atoms with E-state index in [9.17, 15) is 4.79 Å². The number of esters is 1. The summed E-state index contributed by atoms with van der Waals surface area (Å²) in [4.78, 5) is 11.7. The van der Waals surface area contributed by atoms with Crippen LogP contribution in [0.25, 0.3) is 0 Å². The van der Waals surface area contributed by atoms with Crippen LogP contribution in [-0.2, 0) is 9.53 Å². The van der Waals surface area contributed by atoms with E-state index in [0.29, 0.717) is 6.42 Å². The van der Waals surface area contributed by atoms with Gasteiger partial charge in [-0.25, -0.2) is 0 Å². The number of unbranched alkanes of at least 4 members (excludes halogenated alkanes) is 6. The van der Waals surface area contributed by atoms with Crippen molar-refractivity contribution >= 4 is 5.97 Å². The van der Waals surface area contributed by atoms with E-state index in [0.717, 1.165) is 25.7 Å². The predicted molar refractivity (Wildman–Crippen MR) is 77.7 cm³/mol. The quantitative estimate of drug-likeness (QED) is 0.373.